The van der Waals surface area contributed by atoms with E-state index in [-0.39, 0.29) is 0 Å². The summed E-state index contributed by atoms with van der Waals surface area (Å²) in [5.74, 6) is 0.813. The summed E-state index contributed by atoms with van der Waals surface area (Å²) in [6.45, 7) is 3.90. The summed E-state index contributed by atoms with van der Waals surface area (Å²) in [6.07, 6.45) is 1.43. The van der Waals surface area contributed by atoms with Crippen LogP contribution in [0.2, 0.25) is 5.02 Å². The lowest BCUT2D eigenvalue weighted by Gasteiger charge is -2.16. The molecule has 1 unspecified atom stereocenters. The van der Waals surface area contributed by atoms with E-state index in [0.717, 1.165) is 27.0 Å². The minimum absolute atomic E-state index is 0.388. The van der Waals surface area contributed by atoms with Crippen LogP contribution in [0.15, 0.2) is 28.9 Å². The van der Waals surface area contributed by atoms with Gasteiger partial charge < -0.3 is 9.84 Å². The van der Waals surface area contributed by atoms with E-state index >= 15 is 0 Å². The third-order valence-corrected chi connectivity index (χ3v) is 4.29. The maximum atomic E-state index is 10.5. The minimum atomic E-state index is -0.714. The summed E-state index contributed by atoms with van der Waals surface area (Å²) in [5.41, 5.74) is 3.42. The van der Waals surface area contributed by atoms with E-state index in [4.69, 9.17) is 16.3 Å². The van der Waals surface area contributed by atoms with Crippen LogP contribution in [0.4, 0.5) is 0 Å². The number of pyridine rings is 1. The molecule has 0 saturated carbocycles. The van der Waals surface area contributed by atoms with Gasteiger partial charge in [0.05, 0.1) is 13.2 Å². The average Bonchev–Trinajstić information content (AvgIpc) is 2.45. The molecule has 2 aromatic rings. The Morgan fingerprint density at radius 2 is 2.10 bits per heavy atom. The first-order chi connectivity index (χ1) is 9.93. The first-order valence-corrected chi connectivity index (χ1v) is 7.73. The molecule has 1 N–H and O–H groups in total. The Bertz CT molecular complexity index is 661. The molecule has 112 valence electrons. The van der Waals surface area contributed by atoms with Crippen LogP contribution >= 0.6 is 27.5 Å². The second-order valence-electron chi connectivity index (χ2n) is 4.93. The number of hydrogen-bond acceptors (Lipinski definition) is 3. The fourth-order valence-electron chi connectivity index (χ4n) is 2.34. The van der Waals surface area contributed by atoms with Crippen LogP contribution in [0.3, 0.4) is 0 Å². The molecule has 0 fully saturated rings. The van der Waals surface area contributed by atoms with E-state index in [9.17, 15) is 5.11 Å². The zero-order valence-electron chi connectivity index (χ0n) is 12.2. The van der Waals surface area contributed by atoms with Crippen molar-refractivity contribution in [1.82, 2.24) is 4.98 Å². The highest BCUT2D eigenvalue weighted by Crippen LogP contribution is 2.31. The van der Waals surface area contributed by atoms with Crippen molar-refractivity contribution in [3.05, 3.63) is 56.3 Å². The fourth-order valence-corrected chi connectivity index (χ4v) is 2.96. The second-order valence-corrected chi connectivity index (χ2v) is 6.25. The highest BCUT2D eigenvalue weighted by atomic mass is 79.9. The lowest BCUT2D eigenvalue weighted by atomic mass is 10.0. The van der Waals surface area contributed by atoms with Gasteiger partial charge in [0.1, 0.15) is 5.75 Å². The summed E-state index contributed by atoms with van der Waals surface area (Å²) >= 11 is 9.55. The zero-order valence-corrected chi connectivity index (χ0v) is 14.5. The Labute approximate surface area is 138 Å². The molecule has 0 amide bonds. The number of methoxy groups -OCH3 is 1. The normalized spacial score (nSPS) is 12.3. The first kappa shape index (κ1) is 16.3. The number of nitrogens with zero attached hydrogens (tertiary/aromatic N) is 1. The average molecular weight is 371 g/mol. The predicted molar refractivity (Wildman–Crippen MR) is 88.1 cm³/mol. The van der Waals surface area contributed by atoms with Gasteiger partial charge in [0.25, 0.3) is 0 Å². The Morgan fingerprint density at radius 3 is 2.76 bits per heavy atom. The van der Waals surface area contributed by atoms with E-state index in [2.05, 4.69) is 20.9 Å². The number of benzene rings is 1. The largest absolute Gasteiger partial charge is 0.496 e. The molecule has 5 heteroatoms. The van der Waals surface area contributed by atoms with Gasteiger partial charge in [-0.15, -0.1) is 0 Å². The third-order valence-electron chi connectivity index (χ3n) is 3.45. The molecule has 1 aromatic heterocycles. The monoisotopic (exact) mass is 369 g/mol. The molecule has 0 spiro atoms. The lowest BCUT2D eigenvalue weighted by Crippen LogP contribution is -2.07. The van der Waals surface area contributed by atoms with E-state index in [1.54, 1.807) is 19.4 Å². The van der Waals surface area contributed by atoms with Crippen molar-refractivity contribution in [3.63, 3.8) is 0 Å². The Morgan fingerprint density at radius 1 is 1.38 bits per heavy atom. The molecule has 0 saturated heterocycles. The molecule has 2 rings (SSSR count). The number of aromatic nitrogens is 1. The van der Waals surface area contributed by atoms with Gasteiger partial charge in [-0.05, 0) is 32.0 Å². The van der Waals surface area contributed by atoms with Gasteiger partial charge in [0.15, 0.2) is 0 Å². The lowest BCUT2D eigenvalue weighted by molar-refractivity contribution is 0.177. The summed E-state index contributed by atoms with van der Waals surface area (Å²) < 4.78 is 6.27. The zero-order chi connectivity index (χ0) is 15.6. The molecule has 0 aliphatic heterocycles. The van der Waals surface area contributed by atoms with Crippen molar-refractivity contribution in [2.24, 2.45) is 0 Å². The summed E-state index contributed by atoms with van der Waals surface area (Å²) in [5, 5.41) is 11.0. The van der Waals surface area contributed by atoms with Crippen LogP contribution in [0.1, 0.15) is 28.5 Å². The molecule has 0 radical (unpaired) electrons. The molecule has 21 heavy (non-hydrogen) atoms. The van der Waals surface area contributed by atoms with E-state index in [1.807, 2.05) is 26.0 Å². The standard InChI is InChI=1S/C16H17BrClNO2/c1-9-8-19-14(10(2)16(9)21-3)7-15(20)12-6-11(17)4-5-13(12)18/h4-6,8,15,20H,7H2,1-3H3. The van der Waals surface area contributed by atoms with E-state index < -0.39 is 6.10 Å². The molecule has 0 bridgehead atoms. The smallest absolute Gasteiger partial charge is 0.128 e. The number of ether oxygens (including phenoxy) is 1. The maximum absolute atomic E-state index is 10.5. The molecule has 0 aliphatic carbocycles. The quantitative estimate of drug-likeness (QED) is 0.867. The highest BCUT2D eigenvalue weighted by molar-refractivity contribution is 9.10. The van der Waals surface area contributed by atoms with Gasteiger partial charge in [-0.1, -0.05) is 27.5 Å². The van der Waals surface area contributed by atoms with Crippen molar-refractivity contribution < 1.29 is 9.84 Å². The van der Waals surface area contributed by atoms with Crippen molar-refractivity contribution in [2.45, 2.75) is 26.4 Å². The number of aryl methyl sites for hydroxylation is 1. The molecule has 1 heterocycles. The highest BCUT2D eigenvalue weighted by Gasteiger charge is 2.17. The van der Waals surface area contributed by atoms with E-state index in [0.29, 0.717) is 17.0 Å². The fraction of sp³-hybridized carbons (Fsp3) is 0.312. The first-order valence-electron chi connectivity index (χ1n) is 6.56. The second kappa shape index (κ2) is 6.77. The summed E-state index contributed by atoms with van der Waals surface area (Å²) in [4.78, 5) is 4.41. The molecule has 3 nitrogen and oxygen atoms in total. The molecular weight excluding hydrogens is 354 g/mol. The van der Waals surface area contributed by atoms with Crippen molar-refractivity contribution in [3.8, 4) is 5.75 Å². The van der Waals surface area contributed by atoms with Crippen molar-refractivity contribution in [1.29, 1.82) is 0 Å². The van der Waals surface area contributed by atoms with Gasteiger partial charge in [-0.2, -0.15) is 0 Å². The molecule has 1 aromatic carbocycles. The number of aliphatic hydroxyl groups excluding tert-OH is 1. The van der Waals surface area contributed by atoms with Gasteiger partial charge >= 0.3 is 0 Å². The molecular formula is C16H17BrClNO2. The summed E-state index contributed by atoms with van der Waals surface area (Å²) in [7, 11) is 1.64. The molecule has 0 aliphatic rings. The Kier molecular flexibility index (Phi) is 5.25. The Hall–Kier alpha value is -1.10. The van der Waals surface area contributed by atoms with Crippen LogP contribution < -0.4 is 4.74 Å². The van der Waals surface area contributed by atoms with Crippen LogP contribution in [-0.2, 0) is 6.42 Å². The van der Waals surface area contributed by atoms with E-state index in [1.165, 1.54) is 0 Å². The predicted octanol–water partition coefficient (Wildman–Crippen LogP) is 4.40. The third kappa shape index (κ3) is 3.57. The van der Waals surface area contributed by atoms with Crippen LogP contribution in [0.5, 0.6) is 5.75 Å². The van der Waals surface area contributed by atoms with Gasteiger partial charge in [-0.3, -0.25) is 4.98 Å². The number of hydrogen-bond donors (Lipinski definition) is 1. The number of rotatable bonds is 4. The SMILES string of the molecule is COc1c(C)cnc(CC(O)c2cc(Br)ccc2Cl)c1C. The molecule has 1 atom stereocenters. The number of halogens is 2. The van der Waals surface area contributed by atoms with Crippen LogP contribution in [-0.4, -0.2) is 17.2 Å². The van der Waals surface area contributed by atoms with Gasteiger partial charge in [0, 0.05) is 44.5 Å². The number of aliphatic hydroxyl groups is 1. The maximum Gasteiger partial charge on any atom is 0.128 e. The van der Waals surface area contributed by atoms with Crippen LogP contribution in [0.25, 0.3) is 0 Å². The van der Waals surface area contributed by atoms with Gasteiger partial charge in [-0.25, -0.2) is 0 Å². The van der Waals surface area contributed by atoms with Crippen molar-refractivity contribution in [2.75, 3.05) is 7.11 Å². The summed E-state index contributed by atoms with van der Waals surface area (Å²) in [6, 6.07) is 5.44. The van der Waals surface area contributed by atoms with Crippen LogP contribution in [0, 0.1) is 13.8 Å². The van der Waals surface area contributed by atoms with Gasteiger partial charge in [0.2, 0.25) is 0 Å². The topological polar surface area (TPSA) is 42.4 Å². The Balaban J connectivity index is 2.32. The van der Waals surface area contributed by atoms with Crippen molar-refractivity contribution >= 4 is 27.5 Å². The minimum Gasteiger partial charge on any atom is -0.496 e.